The lowest BCUT2D eigenvalue weighted by Crippen LogP contribution is -2.05. The molecule has 0 fully saturated rings. The van der Waals surface area contributed by atoms with Crippen LogP contribution in [0, 0.1) is 0 Å². The first-order chi connectivity index (χ1) is 9.86. The van der Waals surface area contributed by atoms with Gasteiger partial charge in [0.2, 0.25) is 0 Å². The lowest BCUT2D eigenvalue weighted by Gasteiger charge is -2.02. The van der Waals surface area contributed by atoms with E-state index in [0.717, 1.165) is 28.9 Å². The molecule has 100 valence electrons. The summed E-state index contributed by atoms with van der Waals surface area (Å²) in [6, 6.07) is 12.2. The molecule has 0 bridgehead atoms. The Kier molecular flexibility index (Phi) is 3.56. The lowest BCUT2D eigenvalue weighted by molar-refractivity contribution is 0.813. The minimum Gasteiger partial charge on any atom is -0.316 e. The van der Waals surface area contributed by atoms with Gasteiger partial charge in [-0.05, 0) is 30.8 Å². The Morgan fingerprint density at radius 1 is 1.05 bits per heavy atom. The minimum absolute atomic E-state index is 0.813. The number of nitrogens with zero attached hydrogens (tertiary/aromatic N) is 3. The third kappa shape index (κ3) is 2.60. The quantitative estimate of drug-likeness (QED) is 0.787. The van der Waals surface area contributed by atoms with Crippen LogP contribution in [-0.4, -0.2) is 21.8 Å². The summed E-state index contributed by atoms with van der Waals surface area (Å²) in [6.45, 7) is 0.813. The van der Waals surface area contributed by atoms with Crippen molar-refractivity contribution in [1.29, 1.82) is 0 Å². The van der Waals surface area contributed by atoms with Crippen molar-refractivity contribution in [1.82, 2.24) is 20.1 Å². The number of pyridine rings is 1. The SMILES string of the molecule is CNCc1cncc(-c2cnn(-c3ccccc3)c2)c1. The van der Waals surface area contributed by atoms with Crippen molar-refractivity contribution in [2.75, 3.05) is 7.05 Å². The molecule has 0 saturated carbocycles. The molecule has 0 spiro atoms. The van der Waals surface area contributed by atoms with E-state index in [1.165, 1.54) is 0 Å². The summed E-state index contributed by atoms with van der Waals surface area (Å²) in [5.41, 5.74) is 4.37. The van der Waals surface area contributed by atoms with Crippen LogP contribution in [0.5, 0.6) is 0 Å². The molecular weight excluding hydrogens is 248 g/mol. The van der Waals surface area contributed by atoms with E-state index < -0.39 is 0 Å². The zero-order chi connectivity index (χ0) is 13.8. The molecule has 0 saturated heterocycles. The summed E-state index contributed by atoms with van der Waals surface area (Å²) in [7, 11) is 1.93. The Bertz CT molecular complexity index is 688. The molecule has 2 aromatic heterocycles. The Morgan fingerprint density at radius 2 is 1.90 bits per heavy atom. The summed E-state index contributed by atoms with van der Waals surface area (Å²) in [6.07, 6.45) is 7.63. The number of aromatic nitrogens is 3. The number of hydrogen-bond donors (Lipinski definition) is 1. The zero-order valence-electron chi connectivity index (χ0n) is 11.3. The summed E-state index contributed by atoms with van der Waals surface area (Å²) < 4.78 is 1.88. The second-order valence-electron chi connectivity index (χ2n) is 4.62. The first kappa shape index (κ1) is 12.6. The van der Waals surface area contributed by atoms with Gasteiger partial charge < -0.3 is 5.32 Å². The van der Waals surface area contributed by atoms with Gasteiger partial charge >= 0.3 is 0 Å². The number of rotatable bonds is 4. The largest absolute Gasteiger partial charge is 0.316 e. The van der Waals surface area contributed by atoms with Crippen molar-refractivity contribution >= 4 is 0 Å². The fourth-order valence-electron chi connectivity index (χ4n) is 2.14. The molecule has 0 aliphatic carbocycles. The van der Waals surface area contributed by atoms with E-state index in [0.29, 0.717) is 0 Å². The summed E-state index contributed by atoms with van der Waals surface area (Å²) in [5, 5.41) is 7.54. The molecule has 4 heteroatoms. The van der Waals surface area contributed by atoms with E-state index in [9.17, 15) is 0 Å². The summed E-state index contributed by atoms with van der Waals surface area (Å²) in [4.78, 5) is 4.28. The van der Waals surface area contributed by atoms with E-state index in [1.807, 2.05) is 66.8 Å². The zero-order valence-corrected chi connectivity index (χ0v) is 11.3. The molecule has 0 aliphatic rings. The van der Waals surface area contributed by atoms with Gasteiger partial charge in [-0.1, -0.05) is 18.2 Å². The maximum Gasteiger partial charge on any atom is 0.0645 e. The van der Waals surface area contributed by atoms with Gasteiger partial charge in [-0.3, -0.25) is 4.98 Å². The molecule has 0 radical (unpaired) electrons. The fraction of sp³-hybridized carbons (Fsp3) is 0.125. The Hall–Kier alpha value is -2.46. The molecule has 0 atom stereocenters. The molecular formula is C16H16N4. The van der Waals surface area contributed by atoms with Crippen LogP contribution in [0.2, 0.25) is 0 Å². The van der Waals surface area contributed by atoms with Crippen molar-refractivity contribution in [2.45, 2.75) is 6.54 Å². The number of hydrogen-bond acceptors (Lipinski definition) is 3. The van der Waals surface area contributed by atoms with E-state index in [4.69, 9.17) is 0 Å². The van der Waals surface area contributed by atoms with Crippen molar-refractivity contribution in [3.8, 4) is 16.8 Å². The summed E-state index contributed by atoms with van der Waals surface area (Å²) in [5.74, 6) is 0. The highest BCUT2D eigenvalue weighted by Gasteiger charge is 2.04. The van der Waals surface area contributed by atoms with Crippen LogP contribution in [0.1, 0.15) is 5.56 Å². The maximum absolute atomic E-state index is 4.41. The van der Waals surface area contributed by atoms with Crippen molar-refractivity contribution < 1.29 is 0 Å². The highest BCUT2D eigenvalue weighted by Crippen LogP contribution is 2.20. The van der Waals surface area contributed by atoms with Gasteiger partial charge in [-0.15, -0.1) is 0 Å². The number of para-hydroxylation sites is 1. The summed E-state index contributed by atoms with van der Waals surface area (Å²) >= 11 is 0. The van der Waals surface area contributed by atoms with Crippen molar-refractivity contribution in [3.05, 3.63) is 66.7 Å². The molecule has 3 rings (SSSR count). The topological polar surface area (TPSA) is 42.7 Å². The van der Waals surface area contributed by atoms with Gasteiger partial charge in [0.1, 0.15) is 0 Å². The standard InChI is InChI=1S/C16H16N4/c1-17-8-13-7-14(10-18-9-13)15-11-19-20(12-15)16-5-3-2-4-6-16/h2-7,9-12,17H,8H2,1H3. The predicted octanol–water partition coefficient (Wildman–Crippen LogP) is 2.65. The smallest absolute Gasteiger partial charge is 0.0645 e. The molecule has 1 N–H and O–H groups in total. The maximum atomic E-state index is 4.41. The normalized spacial score (nSPS) is 10.7. The van der Waals surface area contributed by atoms with Crippen molar-refractivity contribution in [2.24, 2.45) is 0 Å². The molecule has 0 amide bonds. The van der Waals surface area contributed by atoms with Crippen LogP contribution in [0.3, 0.4) is 0 Å². The van der Waals surface area contributed by atoms with Gasteiger partial charge in [0.25, 0.3) is 0 Å². The van der Waals surface area contributed by atoms with E-state index in [1.54, 1.807) is 0 Å². The van der Waals surface area contributed by atoms with Crippen LogP contribution < -0.4 is 5.32 Å². The number of nitrogens with one attached hydrogen (secondary N) is 1. The third-order valence-electron chi connectivity index (χ3n) is 3.11. The first-order valence-electron chi connectivity index (χ1n) is 6.56. The van der Waals surface area contributed by atoms with Gasteiger partial charge in [-0.2, -0.15) is 5.10 Å². The molecule has 3 aromatic rings. The fourth-order valence-corrected chi connectivity index (χ4v) is 2.14. The first-order valence-corrected chi connectivity index (χ1v) is 6.56. The third-order valence-corrected chi connectivity index (χ3v) is 3.11. The van der Waals surface area contributed by atoms with Crippen LogP contribution in [0.25, 0.3) is 16.8 Å². The van der Waals surface area contributed by atoms with Gasteiger partial charge in [0.15, 0.2) is 0 Å². The van der Waals surface area contributed by atoms with Crippen LogP contribution in [-0.2, 0) is 6.54 Å². The van der Waals surface area contributed by atoms with Crippen LogP contribution in [0.4, 0.5) is 0 Å². The minimum atomic E-state index is 0.813. The Labute approximate surface area is 118 Å². The molecule has 0 unspecified atom stereocenters. The molecule has 1 aromatic carbocycles. The van der Waals surface area contributed by atoms with E-state index in [-0.39, 0.29) is 0 Å². The average molecular weight is 264 g/mol. The van der Waals surface area contributed by atoms with Gasteiger partial charge in [-0.25, -0.2) is 4.68 Å². The van der Waals surface area contributed by atoms with E-state index >= 15 is 0 Å². The monoisotopic (exact) mass is 264 g/mol. The second kappa shape index (κ2) is 5.67. The van der Waals surface area contributed by atoms with E-state index in [2.05, 4.69) is 21.5 Å². The molecule has 20 heavy (non-hydrogen) atoms. The molecule has 0 aliphatic heterocycles. The highest BCUT2D eigenvalue weighted by atomic mass is 15.3. The number of benzene rings is 1. The average Bonchev–Trinajstić information content (AvgIpc) is 2.99. The second-order valence-corrected chi connectivity index (χ2v) is 4.62. The van der Waals surface area contributed by atoms with Gasteiger partial charge in [0, 0.05) is 36.3 Å². The molecule has 4 nitrogen and oxygen atoms in total. The lowest BCUT2D eigenvalue weighted by atomic mass is 10.1. The van der Waals surface area contributed by atoms with Gasteiger partial charge in [0.05, 0.1) is 11.9 Å². The Balaban J connectivity index is 1.92. The predicted molar refractivity (Wildman–Crippen MR) is 79.6 cm³/mol. The van der Waals surface area contributed by atoms with Crippen molar-refractivity contribution in [3.63, 3.8) is 0 Å². The highest BCUT2D eigenvalue weighted by molar-refractivity contribution is 5.61. The van der Waals surface area contributed by atoms with Crippen LogP contribution >= 0.6 is 0 Å². The molecule has 2 heterocycles. The van der Waals surface area contributed by atoms with Crippen LogP contribution in [0.15, 0.2) is 61.2 Å². The Morgan fingerprint density at radius 3 is 2.70 bits per heavy atom.